The SMILES string of the molecule is CN1CCn2nc(NC(=O)c3ccnc(OC4CCOC4)c3)cc2C1. The molecule has 8 heteroatoms. The molecule has 1 fully saturated rings. The number of hydrogen-bond acceptors (Lipinski definition) is 6. The predicted octanol–water partition coefficient (Wildman–Crippen LogP) is 1.14. The first kappa shape index (κ1) is 16.0. The van der Waals surface area contributed by atoms with Gasteiger partial charge in [-0.3, -0.25) is 14.4 Å². The van der Waals surface area contributed by atoms with Crippen LogP contribution in [-0.2, 0) is 17.8 Å². The number of nitrogens with one attached hydrogen (secondary N) is 1. The Bertz CT molecular complexity index is 769. The maximum absolute atomic E-state index is 12.5. The number of amides is 1. The smallest absolute Gasteiger partial charge is 0.257 e. The average Bonchev–Trinajstić information content (AvgIpc) is 3.24. The van der Waals surface area contributed by atoms with Gasteiger partial charge in [0.25, 0.3) is 5.91 Å². The van der Waals surface area contributed by atoms with Crippen molar-refractivity contribution in [3.63, 3.8) is 0 Å². The van der Waals surface area contributed by atoms with E-state index in [2.05, 4.69) is 27.3 Å². The van der Waals surface area contributed by atoms with Crippen molar-refractivity contribution in [2.24, 2.45) is 0 Å². The summed E-state index contributed by atoms with van der Waals surface area (Å²) in [5.74, 6) is 0.784. The van der Waals surface area contributed by atoms with E-state index in [1.165, 1.54) is 0 Å². The fourth-order valence-electron chi connectivity index (χ4n) is 3.04. The first-order chi connectivity index (χ1) is 12.2. The van der Waals surface area contributed by atoms with Crippen LogP contribution in [0.1, 0.15) is 22.5 Å². The number of pyridine rings is 1. The highest BCUT2D eigenvalue weighted by Gasteiger charge is 2.19. The Labute approximate surface area is 145 Å². The van der Waals surface area contributed by atoms with Crippen molar-refractivity contribution in [1.29, 1.82) is 0 Å². The molecule has 0 spiro atoms. The number of hydrogen-bond donors (Lipinski definition) is 1. The van der Waals surface area contributed by atoms with E-state index in [4.69, 9.17) is 9.47 Å². The van der Waals surface area contributed by atoms with Crippen molar-refractivity contribution in [2.75, 3.05) is 32.1 Å². The van der Waals surface area contributed by atoms with Crippen molar-refractivity contribution in [3.8, 4) is 5.88 Å². The van der Waals surface area contributed by atoms with Gasteiger partial charge in [0.2, 0.25) is 5.88 Å². The number of carbonyl (C=O) groups is 1. The number of rotatable bonds is 4. The van der Waals surface area contributed by atoms with Crippen molar-refractivity contribution in [1.82, 2.24) is 19.7 Å². The molecular weight excluding hydrogens is 322 g/mol. The minimum atomic E-state index is -0.223. The van der Waals surface area contributed by atoms with E-state index in [-0.39, 0.29) is 12.0 Å². The Kier molecular flexibility index (Phi) is 4.37. The Morgan fingerprint density at radius 2 is 2.32 bits per heavy atom. The fourth-order valence-corrected chi connectivity index (χ4v) is 3.04. The number of ether oxygens (including phenoxy) is 2. The molecule has 4 rings (SSSR count). The second-order valence-corrected chi connectivity index (χ2v) is 6.42. The molecule has 2 aromatic heterocycles. The van der Waals surface area contributed by atoms with Crippen LogP contribution < -0.4 is 10.1 Å². The topological polar surface area (TPSA) is 81.5 Å². The third-order valence-electron chi connectivity index (χ3n) is 4.40. The van der Waals surface area contributed by atoms with Gasteiger partial charge in [0.05, 0.1) is 25.5 Å². The zero-order valence-electron chi connectivity index (χ0n) is 14.1. The van der Waals surface area contributed by atoms with Gasteiger partial charge < -0.3 is 14.8 Å². The molecule has 4 heterocycles. The van der Waals surface area contributed by atoms with Crippen LogP contribution in [0.15, 0.2) is 24.4 Å². The van der Waals surface area contributed by atoms with Gasteiger partial charge in [0.1, 0.15) is 6.10 Å². The van der Waals surface area contributed by atoms with E-state index in [1.807, 2.05) is 10.7 Å². The first-order valence-corrected chi connectivity index (χ1v) is 8.44. The van der Waals surface area contributed by atoms with Crippen molar-refractivity contribution < 1.29 is 14.3 Å². The molecule has 1 unspecified atom stereocenters. The van der Waals surface area contributed by atoms with Crippen LogP contribution in [0.5, 0.6) is 5.88 Å². The lowest BCUT2D eigenvalue weighted by Crippen LogP contribution is -2.30. The molecule has 0 aliphatic carbocycles. The second-order valence-electron chi connectivity index (χ2n) is 6.42. The lowest BCUT2D eigenvalue weighted by molar-refractivity contribution is 0.102. The molecule has 0 radical (unpaired) electrons. The summed E-state index contributed by atoms with van der Waals surface area (Å²) in [7, 11) is 2.07. The van der Waals surface area contributed by atoms with E-state index < -0.39 is 0 Å². The van der Waals surface area contributed by atoms with Crippen LogP contribution in [0.3, 0.4) is 0 Å². The molecule has 2 aromatic rings. The molecular formula is C17H21N5O3. The molecule has 132 valence electrons. The van der Waals surface area contributed by atoms with Gasteiger partial charge in [-0.15, -0.1) is 0 Å². The van der Waals surface area contributed by atoms with Crippen LogP contribution >= 0.6 is 0 Å². The summed E-state index contributed by atoms with van der Waals surface area (Å²) in [5, 5.41) is 7.30. The molecule has 1 saturated heterocycles. The average molecular weight is 343 g/mol. The fraction of sp³-hybridized carbons (Fsp3) is 0.471. The Hall–Kier alpha value is -2.45. The minimum absolute atomic E-state index is 0.00247. The highest BCUT2D eigenvalue weighted by molar-refractivity contribution is 6.03. The summed E-state index contributed by atoms with van der Waals surface area (Å²) in [5.41, 5.74) is 1.59. The van der Waals surface area contributed by atoms with Crippen LogP contribution in [0.25, 0.3) is 0 Å². The molecule has 8 nitrogen and oxygen atoms in total. The number of aromatic nitrogens is 3. The minimum Gasteiger partial charge on any atom is -0.472 e. The van der Waals surface area contributed by atoms with Gasteiger partial charge in [-0.2, -0.15) is 5.10 Å². The Morgan fingerprint density at radius 1 is 1.40 bits per heavy atom. The maximum Gasteiger partial charge on any atom is 0.257 e. The van der Waals surface area contributed by atoms with Crippen LogP contribution in [0, 0.1) is 0 Å². The molecule has 0 aromatic carbocycles. The number of carbonyl (C=O) groups excluding carboxylic acids is 1. The van der Waals surface area contributed by atoms with E-state index >= 15 is 0 Å². The summed E-state index contributed by atoms with van der Waals surface area (Å²) in [6.45, 7) is 3.88. The molecule has 1 amide bonds. The Morgan fingerprint density at radius 3 is 3.16 bits per heavy atom. The van der Waals surface area contributed by atoms with Crippen LogP contribution in [-0.4, -0.2) is 58.5 Å². The lowest BCUT2D eigenvalue weighted by atomic mass is 10.2. The van der Waals surface area contributed by atoms with Crippen molar-refractivity contribution >= 4 is 11.7 Å². The normalized spacial score (nSPS) is 20.3. The van der Waals surface area contributed by atoms with E-state index in [0.29, 0.717) is 30.5 Å². The summed E-state index contributed by atoms with van der Waals surface area (Å²) in [4.78, 5) is 18.9. The quantitative estimate of drug-likeness (QED) is 0.897. The molecule has 0 bridgehead atoms. The first-order valence-electron chi connectivity index (χ1n) is 8.44. The van der Waals surface area contributed by atoms with Crippen molar-refractivity contribution in [2.45, 2.75) is 25.6 Å². The third-order valence-corrected chi connectivity index (χ3v) is 4.40. The van der Waals surface area contributed by atoms with Gasteiger partial charge in [-0.05, 0) is 13.1 Å². The standard InChI is InChI=1S/C17H21N5O3/c1-21-5-6-22-13(10-21)9-15(20-22)19-17(23)12-2-4-18-16(8-12)25-14-3-7-24-11-14/h2,4,8-9,14H,3,5-7,10-11H2,1H3,(H,19,20,23). The largest absolute Gasteiger partial charge is 0.472 e. The monoisotopic (exact) mass is 343 g/mol. The zero-order chi connectivity index (χ0) is 17.2. The van der Waals surface area contributed by atoms with Crippen LogP contribution in [0.2, 0.25) is 0 Å². The van der Waals surface area contributed by atoms with Gasteiger partial charge in [0.15, 0.2) is 5.82 Å². The third kappa shape index (κ3) is 3.64. The van der Waals surface area contributed by atoms with Crippen molar-refractivity contribution in [3.05, 3.63) is 35.7 Å². The molecule has 1 atom stereocenters. The van der Waals surface area contributed by atoms with Crippen LogP contribution in [0.4, 0.5) is 5.82 Å². The highest BCUT2D eigenvalue weighted by Crippen LogP contribution is 2.18. The molecule has 25 heavy (non-hydrogen) atoms. The maximum atomic E-state index is 12.5. The zero-order valence-corrected chi connectivity index (χ0v) is 14.1. The summed E-state index contributed by atoms with van der Waals surface area (Å²) in [6, 6.07) is 5.23. The number of likely N-dealkylation sites (N-methyl/N-ethyl adjacent to an activating group) is 1. The molecule has 2 aliphatic rings. The summed E-state index contributed by atoms with van der Waals surface area (Å²) in [6.07, 6.45) is 2.42. The molecule has 0 saturated carbocycles. The number of anilines is 1. The van der Waals surface area contributed by atoms with Gasteiger partial charge >= 0.3 is 0 Å². The van der Waals surface area contributed by atoms with Gasteiger partial charge in [0, 0.05) is 43.4 Å². The Balaban J connectivity index is 1.44. The number of nitrogens with zero attached hydrogens (tertiary/aromatic N) is 4. The molecule has 2 aliphatic heterocycles. The highest BCUT2D eigenvalue weighted by atomic mass is 16.5. The van der Waals surface area contributed by atoms with Gasteiger partial charge in [-0.1, -0.05) is 0 Å². The molecule has 1 N–H and O–H groups in total. The summed E-state index contributed by atoms with van der Waals surface area (Å²) >= 11 is 0. The predicted molar refractivity (Wildman–Crippen MR) is 90.6 cm³/mol. The van der Waals surface area contributed by atoms with E-state index in [9.17, 15) is 4.79 Å². The summed E-state index contributed by atoms with van der Waals surface area (Å²) < 4.78 is 13.0. The second kappa shape index (κ2) is 6.81. The van der Waals surface area contributed by atoms with E-state index in [1.54, 1.807) is 18.3 Å². The van der Waals surface area contributed by atoms with Gasteiger partial charge in [-0.25, -0.2) is 4.98 Å². The number of fused-ring (bicyclic) bond motifs is 1. The lowest BCUT2D eigenvalue weighted by Gasteiger charge is -2.22. The van der Waals surface area contributed by atoms with E-state index in [0.717, 1.165) is 31.7 Å².